The van der Waals surface area contributed by atoms with Gasteiger partial charge in [0.1, 0.15) is 5.60 Å². The Bertz CT molecular complexity index is 338. The molecule has 1 aliphatic carbocycles. The van der Waals surface area contributed by atoms with Gasteiger partial charge in [-0.3, -0.25) is 0 Å². The molecule has 0 bridgehead atoms. The maximum Gasteiger partial charge on any atom is 0.410 e. The Labute approximate surface area is 123 Å². The number of ether oxygens (including phenoxy) is 1. The lowest BCUT2D eigenvalue weighted by Crippen LogP contribution is -2.45. The Morgan fingerprint density at radius 3 is 2.55 bits per heavy atom. The van der Waals surface area contributed by atoms with Crippen LogP contribution in [0.15, 0.2) is 0 Å². The molecule has 20 heavy (non-hydrogen) atoms. The Kier molecular flexibility index (Phi) is 4.95. The minimum atomic E-state index is -0.402. The van der Waals surface area contributed by atoms with E-state index in [2.05, 4.69) is 12.2 Å². The normalized spacial score (nSPS) is 31.4. The third-order valence-electron chi connectivity index (χ3n) is 4.40. The predicted octanol–water partition coefficient (Wildman–Crippen LogP) is 3.16. The standard InChI is InChI=1S/C16H30N2O2/c1-12-7-5-6-8-14(12)17-13-9-10-18(11-13)15(19)20-16(2,3)4/h12-14,17H,5-11H2,1-4H3. The van der Waals surface area contributed by atoms with Crippen LogP contribution in [0, 0.1) is 5.92 Å². The molecule has 1 saturated heterocycles. The summed E-state index contributed by atoms with van der Waals surface area (Å²) in [5, 5.41) is 3.77. The van der Waals surface area contributed by atoms with E-state index in [1.54, 1.807) is 0 Å². The van der Waals surface area contributed by atoms with Gasteiger partial charge < -0.3 is 15.0 Å². The molecule has 0 aromatic carbocycles. The summed E-state index contributed by atoms with van der Waals surface area (Å²) in [5.74, 6) is 0.763. The third kappa shape index (κ3) is 4.37. The Hall–Kier alpha value is -0.770. The molecule has 1 amide bonds. The molecule has 2 aliphatic rings. The summed E-state index contributed by atoms with van der Waals surface area (Å²) in [5.41, 5.74) is -0.402. The first-order valence-electron chi connectivity index (χ1n) is 8.09. The van der Waals surface area contributed by atoms with Crippen molar-refractivity contribution in [1.82, 2.24) is 10.2 Å². The van der Waals surface area contributed by atoms with Gasteiger partial charge >= 0.3 is 6.09 Å². The first-order chi connectivity index (χ1) is 9.35. The van der Waals surface area contributed by atoms with Crippen molar-refractivity contribution in [2.75, 3.05) is 13.1 Å². The van der Waals surface area contributed by atoms with E-state index >= 15 is 0 Å². The van der Waals surface area contributed by atoms with Crippen LogP contribution in [0.5, 0.6) is 0 Å². The summed E-state index contributed by atoms with van der Waals surface area (Å²) < 4.78 is 5.44. The van der Waals surface area contributed by atoms with Crippen molar-refractivity contribution in [2.45, 2.75) is 77.5 Å². The quantitative estimate of drug-likeness (QED) is 0.846. The van der Waals surface area contributed by atoms with Gasteiger partial charge in [-0.15, -0.1) is 0 Å². The second-order valence-corrected chi connectivity index (χ2v) is 7.45. The zero-order valence-electron chi connectivity index (χ0n) is 13.4. The van der Waals surface area contributed by atoms with Gasteiger partial charge in [0.2, 0.25) is 0 Å². The van der Waals surface area contributed by atoms with Crippen LogP contribution in [0.3, 0.4) is 0 Å². The van der Waals surface area contributed by atoms with Gasteiger partial charge in [-0.25, -0.2) is 4.79 Å². The molecule has 1 heterocycles. The molecule has 3 atom stereocenters. The molecule has 4 heteroatoms. The molecule has 1 saturated carbocycles. The van der Waals surface area contributed by atoms with Crippen LogP contribution in [0.4, 0.5) is 4.79 Å². The van der Waals surface area contributed by atoms with Crippen molar-refractivity contribution in [3.63, 3.8) is 0 Å². The molecule has 3 unspecified atom stereocenters. The van der Waals surface area contributed by atoms with Gasteiger partial charge in [0.05, 0.1) is 0 Å². The van der Waals surface area contributed by atoms with Crippen LogP contribution in [0.2, 0.25) is 0 Å². The molecule has 0 aromatic heterocycles. The number of hydrogen-bond donors (Lipinski definition) is 1. The minimum Gasteiger partial charge on any atom is -0.444 e. The number of carbonyl (C=O) groups excluding carboxylic acids is 1. The first-order valence-corrected chi connectivity index (χ1v) is 8.09. The van der Waals surface area contributed by atoms with E-state index in [1.807, 2.05) is 25.7 Å². The lowest BCUT2D eigenvalue weighted by Gasteiger charge is -2.32. The summed E-state index contributed by atoms with van der Waals surface area (Å²) in [6, 6.07) is 1.07. The van der Waals surface area contributed by atoms with Crippen LogP contribution in [0.25, 0.3) is 0 Å². The van der Waals surface area contributed by atoms with Crippen LogP contribution in [-0.2, 0) is 4.74 Å². The van der Waals surface area contributed by atoms with Gasteiger partial charge in [0, 0.05) is 25.2 Å². The average molecular weight is 282 g/mol. The smallest absolute Gasteiger partial charge is 0.410 e. The zero-order valence-corrected chi connectivity index (χ0v) is 13.4. The number of hydrogen-bond acceptors (Lipinski definition) is 3. The van der Waals surface area contributed by atoms with E-state index in [0.29, 0.717) is 12.1 Å². The second kappa shape index (κ2) is 6.33. The molecule has 1 aliphatic heterocycles. The van der Waals surface area contributed by atoms with E-state index in [0.717, 1.165) is 25.4 Å². The number of nitrogens with zero attached hydrogens (tertiary/aromatic N) is 1. The monoisotopic (exact) mass is 282 g/mol. The largest absolute Gasteiger partial charge is 0.444 e. The van der Waals surface area contributed by atoms with Crippen LogP contribution >= 0.6 is 0 Å². The zero-order chi connectivity index (χ0) is 14.8. The summed E-state index contributed by atoms with van der Waals surface area (Å²) in [4.78, 5) is 13.9. The molecular weight excluding hydrogens is 252 g/mol. The maximum atomic E-state index is 12.0. The highest BCUT2D eigenvalue weighted by atomic mass is 16.6. The fourth-order valence-corrected chi connectivity index (χ4v) is 3.26. The van der Waals surface area contributed by atoms with E-state index in [-0.39, 0.29) is 6.09 Å². The molecule has 4 nitrogen and oxygen atoms in total. The lowest BCUT2D eigenvalue weighted by molar-refractivity contribution is 0.0289. The topological polar surface area (TPSA) is 41.6 Å². The highest BCUT2D eigenvalue weighted by Gasteiger charge is 2.32. The molecule has 1 N–H and O–H groups in total. The van der Waals surface area contributed by atoms with Crippen LogP contribution in [-0.4, -0.2) is 41.8 Å². The third-order valence-corrected chi connectivity index (χ3v) is 4.40. The van der Waals surface area contributed by atoms with Crippen molar-refractivity contribution >= 4 is 6.09 Å². The fourth-order valence-electron chi connectivity index (χ4n) is 3.26. The molecule has 0 spiro atoms. The van der Waals surface area contributed by atoms with Crippen molar-refractivity contribution in [1.29, 1.82) is 0 Å². The summed E-state index contributed by atoms with van der Waals surface area (Å²) in [7, 11) is 0. The Morgan fingerprint density at radius 1 is 1.20 bits per heavy atom. The van der Waals surface area contributed by atoms with E-state index in [4.69, 9.17) is 4.74 Å². The van der Waals surface area contributed by atoms with Gasteiger partial charge in [-0.1, -0.05) is 19.8 Å². The van der Waals surface area contributed by atoms with Gasteiger partial charge in [0.15, 0.2) is 0 Å². The molecule has 2 fully saturated rings. The van der Waals surface area contributed by atoms with Gasteiger partial charge in [-0.05, 0) is 46.0 Å². The van der Waals surface area contributed by atoms with Crippen LogP contribution in [0.1, 0.15) is 59.8 Å². The van der Waals surface area contributed by atoms with Crippen molar-refractivity contribution in [2.24, 2.45) is 5.92 Å². The second-order valence-electron chi connectivity index (χ2n) is 7.45. The first kappa shape index (κ1) is 15.6. The molecule has 2 rings (SSSR count). The Balaban J connectivity index is 1.78. The summed E-state index contributed by atoms with van der Waals surface area (Å²) >= 11 is 0. The van der Waals surface area contributed by atoms with Gasteiger partial charge in [0.25, 0.3) is 0 Å². The lowest BCUT2D eigenvalue weighted by atomic mass is 9.85. The molecule has 0 radical (unpaired) electrons. The van der Waals surface area contributed by atoms with Crippen molar-refractivity contribution in [3.05, 3.63) is 0 Å². The maximum absolute atomic E-state index is 12.0. The number of rotatable bonds is 2. The van der Waals surface area contributed by atoms with E-state index in [9.17, 15) is 4.79 Å². The van der Waals surface area contributed by atoms with Gasteiger partial charge in [-0.2, -0.15) is 0 Å². The molecule has 0 aromatic rings. The summed E-state index contributed by atoms with van der Waals surface area (Å²) in [6.07, 6.45) is 6.20. The highest BCUT2D eigenvalue weighted by molar-refractivity contribution is 5.68. The van der Waals surface area contributed by atoms with Crippen LogP contribution < -0.4 is 5.32 Å². The number of carbonyl (C=O) groups is 1. The number of amides is 1. The predicted molar refractivity (Wildman–Crippen MR) is 80.8 cm³/mol. The average Bonchev–Trinajstić information content (AvgIpc) is 2.79. The van der Waals surface area contributed by atoms with Crippen molar-refractivity contribution in [3.8, 4) is 0 Å². The minimum absolute atomic E-state index is 0.168. The highest BCUT2D eigenvalue weighted by Crippen LogP contribution is 2.25. The number of likely N-dealkylation sites (tertiary alicyclic amines) is 1. The SMILES string of the molecule is CC1CCCCC1NC1CCN(C(=O)OC(C)(C)C)C1. The molecular formula is C16H30N2O2. The Morgan fingerprint density at radius 2 is 1.90 bits per heavy atom. The summed E-state index contributed by atoms with van der Waals surface area (Å²) in [6.45, 7) is 9.70. The molecule has 116 valence electrons. The number of nitrogens with one attached hydrogen (secondary N) is 1. The van der Waals surface area contributed by atoms with E-state index < -0.39 is 5.60 Å². The van der Waals surface area contributed by atoms with E-state index in [1.165, 1.54) is 25.7 Å². The van der Waals surface area contributed by atoms with Crippen molar-refractivity contribution < 1.29 is 9.53 Å². The fraction of sp³-hybridized carbons (Fsp3) is 0.938.